The Balaban J connectivity index is 1.80. The topological polar surface area (TPSA) is 49.9 Å². The Morgan fingerprint density at radius 2 is 1.69 bits per heavy atom. The summed E-state index contributed by atoms with van der Waals surface area (Å²) >= 11 is 6.01. The highest BCUT2D eigenvalue weighted by Gasteiger charge is 2.31. The number of hydrogen-bond acceptors (Lipinski definition) is 4. The summed E-state index contributed by atoms with van der Waals surface area (Å²) in [5, 5.41) is 0.373. The van der Waals surface area contributed by atoms with Crippen molar-refractivity contribution in [2.75, 3.05) is 38.2 Å². The number of sulfonamides is 1. The van der Waals surface area contributed by atoms with Crippen molar-refractivity contribution in [1.82, 2.24) is 4.31 Å². The molecule has 26 heavy (non-hydrogen) atoms. The van der Waals surface area contributed by atoms with E-state index in [0.29, 0.717) is 37.0 Å². The number of benzene rings is 2. The zero-order valence-corrected chi connectivity index (χ0v) is 16.8. The van der Waals surface area contributed by atoms with Gasteiger partial charge >= 0.3 is 0 Å². The lowest BCUT2D eigenvalue weighted by Gasteiger charge is -2.36. The molecule has 0 radical (unpaired) electrons. The fraction of sp³-hybridized carbons (Fsp3) is 0.368. The molecule has 0 amide bonds. The van der Waals surface area contributed by atoms with Gasteiger partial charge in [-0.25, -0.2) is 8.42 Å². The van der Waals surface area contributed by atoms with Crippen molar-refractivity contribution >= 4 is 27.3 Å². The number of hydrogen-bond donors (Lipinski definition) is 0. The van der Waals surface area contributed by atoms with Gasteiger partial charge in [-0.3, -0.25) is 0 Å². The average molecular weight is 395 g/mol. The molecule has 0 N–H and O–H groups in total. The molecule has 0 saturated carbocycles. The van der Waals surface area contributed by atoms with Gasteiger partial charge in [0.05, 0.1) is 7.11 Å². The average Bonchev–Trinajstić information content (AvgIpc) is 2.62. The highest BCUT2D eigenvalue weighted by Crippen LogP contribution is 2.31. The number of methoxy groups -OCH3 is 1. The van der Waals surface area contributed by atoms with Crippen LogP contribution in [0.5, 0.6) is 5.75 Å². The van der Waals surface area contributed by atoms with E-state index in [-0.39, 0.29) is 4.90 Å². The number of anilines is 1. The maximum atomic E-state index is 13.0. The Morgan fingerprint density at radius 3 is 2.31 bits per heavy atom. The van der Waals surface area contributed by atoms with Gasteiger partial charge in [-0.05, 0) is 43.7 Å². The van der Waals surface area contributed by atoms with Crippen molar-refractivity contribution in [2.45, 2.75) is 18.7 Å². The van der Waals surface area contributed by atoms with E-state index >= 15 is 0 Å². The first-order valence-electron chi connectivity index (χ1n) is 8.49. The van der Waals surface area contributed by atoms with E-state index < -0.39 is 10.0 Å². The molecule has 0 bridgehead atoms. The third kappa shape index (κ3) is 3.68. The minimum absolute atomic E-state index is 0.118. The first kappa shape index (κ1) is 19.0. The number of halogens is 1. The molecule has 3 rings (SSSR count). The highest BCUT2D eigenvalue weighted by molar-refractivity contribution is 7.89. The monoisotopic (exact) mass is 394 g/mol. The molecule has 2 aromatic rings. The fourth-order valence-electron chi connectivity index (χ4n) is 3.32. The molecule has 140 valence electrons. The van der Waals surface area contributed by atoms with E-state index in [4.69, 9.17) is 16.3 Å². The summed E-state index contributed by atoms with van der Waals surface area (Å²) in [5.41, 5.74) is 3.59. The van der Waals surface area contributed by atoms with Gasteiger partial charge in [-0.2, -0.15) is 4.31 Å². The Hall–Kier alpha value is -1.76. The smallest absolute Gasteiger partial charge is 0.246 e. The van der Waals surface area contributed by atoms with Crippen LogP contribution >= 0.6 is 11.6 Å². The molecular formula is C19H23ClN2O3S. The van der Waals surface area contributed by atoms with Crippen molar-refractivity contribution in [3.63, 3.8) is 0 Å². The Labute approximate surface area is 160 Å². The number of aryl methyl sites for hydroxylation is 2. The van der Waals surface area contributed by atoms with E-state index in [9.17, 15) is 8.42 Å². The van der Waals surface area contributed by atoms with E-state index in [1.807, 2.05) is 0 Å². The summed E-state index contributed by atoms with van der Waals surface area (Å²) in [5.74, 6) is 0.311. The predicted octanol–water partition coefficient (Wildman–Crippen LogP) is 3.48. The molecule has 5 nitrogen and oxygen atoms in total. The zero-order chi connectivity index (χ0) is 18.9. The van der Waals surface area contributed by atoms with Crippen molar-refractivity contribution in [3.05, 3.63) is 52.5 Å². The molecule has 1 heterocycles. The second-order valence-electron chi connectivity index (χ2n) is 6.48. The normalized spacial score (nSPS) is 15.9. The highest BCUT2D eigenvalue weighted by atomic mass is 35.5. The minimum Gasteiger partial charge on any atom is -0.495 e. The molecule has 2 aromatic carbocycles. The summed E-state index contributed by atoms with van der Waals surface area (Å²) in [6.45, 7) is 6.29. The summed E-state index contributed by atoms with van der Waals surface area (Å²) in [6, 6.07) is 11.0. The van der Waals surface area contributed by atoms with Crippen LogP contribution in [0.1, 0.15) is 11.1 Å². The molecule has 0 aromatic heterocycles. The van der Waals surface area contributed by atoms with Crippen molar-refractivity contribution in [3.8, 4) is 5.75 Å². The molecule has 1 aliphatic heterocycles. The van der Waals surface area contributed by atoms with E-state index in [2.05, 4.69) is 36.9 Å². The van der Waals surface area contributed by atoms with Crippen LogP contribution in [0.2, 0.25) is 5.02 Å². The molecule has 0 spiro atoms. The van der Waals surface area contributed by atoms with E-state index in [1.165, 1.54) is 28.6 Å². The standard InChI is InChI=1S/C19H23ClN2O3S/c1-14-4-6-17(15(2)12-14)21-8-10-22(11-9-21)26(23,24)19-13-16(20)5-7-18(19)25-3/h4-7,12-13H,8-11H2,1-3H3. The first-order chi connectivity index (χ1) is 12.3. The SMILES string of the molecule is COc1ccc(Cl)cc1S(=O)(=O)N1CCN(c2ccc(C)cc2C)CC1. The summed E-state index contributed by atoms with van der Waals surface area (Å²) in [4.78, 5) is 2.35. The quantitative estimate of drug-likeness (QED) is 0.796. The van der Waals surface area contributed by atoms with Crippen LogP contribution in [0.3, 0.4) is 0 Å². The van der Waals surface area contributed by atoms with Crippen LogP contribution in [0.25, 0.3) is 0 Å². The van der Waals surface area contributed by atoms with E-state index in [1.54, 1.807) is 12.1 Å². The van der Waals surface area contributed by atoms with Crippen LogP contribution in [0.15, 0.2) is 41.3 Å². The van der Waals surface area contributed by atoms with Crippen LogP contribution < -0.4 is 9.64 Å². The van der Waals surface area contributed by atoms with Gasteiger partial charge in [0.2, 0.25) is 10.0 Å². The maximum Gasteiger partial charge on any atom is 0.246 e. The van der Waals surface area contributed by atoms with Gasteiger partial charge < -0.3 is 9.64 Å². The molecule has 1 saturated heterocycles. The van der Waals surface area contributed by atoms with Gasteiger partial charge in [0.15, 0.2) is 0 Å². The van der Waals surface area contributed by atoms with Gasteiger partial charge in [0, 0.05) is 36.9 Å². The van der Waals surface area contributed by atoms with Crippen LogP contribution in [-0.4, -0.2) is 46.0 Å². The fourth-order valence-corrected chi connectivity index (χ4v) is 5.16. The molecule has 1 aliphatic rings. The van der Waals surface area contributed by atoms with Gasteiger partial charge in [0.25, 0.3) is 0 Å². The second kappa shape index (κ2) is 7.47. The van der Waals surface area contributed by atoms with Gasteiger partial charge in [-0.1, -0.05) is 29.3 Å². The van der Waals surface area contributed by atoms with Crippen molar-refractivity contribution < 1.29 is 13.2 Å². The van der Waals surface area contributed by atoms with Crippen LogP contribution in [0.4, 0.5) is 5.69 Å². The lowest BCUT2D eigenvalue weighted by atomic mass is 10.1. The zero-order valence-electron chi connectivity index (χ0n) is 15.2. The molecule has 0 aliphatic carbocycles. The molecular weight excluding hydrogens is 372 g/mol. The number of rotatable bonds is 4. The van der Waals surface area contributed by atoms with E-state index in [0.717, 1.165) is 5.69 Å². The second-order valence-corrected chi connectivity index (χ2v) is 8.82. The predicted molar refractivity (Wildman–Crippen MR) is 105 cm³/mol. The summed E-state index contributed by atoms with van der Waals surface area (Å²) in [6.07, 6.45) is 0. The van der Waals surface area contributed by atoms with Gasteiger partial charge in [-0.15, -0.1) is 0 Å². The van der Waals surface area contributed by atoms with Gasteiger partial charge in [0.1, 0.15) is 10.6 Å². The number of nitrogens with zero attached hydrogens (tertiary/aromatic N) is 2. The number of piperazine rings is 1. The van der Waals surface area contributed by atoms with Crippen LogP contribution in [-0.2, 0) is 10.0 Å². The third-order valence-electron chi connectivity index (χ3n) is 4.68. The lowest BCUT2D eigenvalue weighted by Crippen LogP contribution is -2.48. The molecule has 7 heteroatoms. The maximum absolute atomic E-state index is 13.0. The lowest BCUT2D eigenvalue weighted by molar-refractivity contribution is 0.374. The Morgan fingerprint density at radius 1 is 1.00 bits per heavy atom. The summed E-state index contributed by atoms with van der Waals surface area (Å²) in [7, 11) is -2.19. The van der Waals surface area contributed by atoms with Crippen LogP contribution in [0, 0.1) is 13.8 Å². The Bertz CT molecular complexity index is 907. The molecule has 0 unspecified atom stereocenters. The number of ether oxygens (including phenoxy) is 1. The third-order valence-corrected chi connectivity index (χ3v) is 6.83. The largest absolute Gasteiger partial charge is 0.495 e. The summed E-state index contributed by atoms with van der Waals surface area (Å²) < 4.78 is 32.8. The molecule has 0 atom stereocenters. The Kier molecular flexibility index (Phi) is 5.46. The first-order valence-corrected chi connectivity index (χ1v) is 10.3. The van der Waals surface area contributed by atoms with Crippen molar-refractivity contribution in [1.29, 1.82) is 0 Å². The van der Waals surface area contributed by atoms with Crippen molar-refractivity contribution in [2.24, 2.45) is 0 Å². The molecule has 1 fully saturated rings. The minimum atomic E-state index is -3.65.